The van der Waals surface area contributed by atoms with Gasteiger partial charge in [0.15, 0.2) is 11.8 Å². The average molecular weight is 198 g/mol. The summed E-state index contributed by atoms with van der Waals surface area (Å²) in [4.78, 5) is 22.1. The minimum Gasteiger partial charge on any atom is -0.480 e. The molecule has 76 valence electrons. The lowest BCUT2D eigenvalue weighted by molar-refractivity contribution is -0.140. The van der Waals surface area contributed by atoms with E-state index in [4.69, 9.17) is 9.63 Å². The highest BCUT2D eigenvalue weighted by molar-refractivity contribution is 5.75. The highest BCUT2D eigenvalue weighted by Crippen LogP contribution is 2.19. The van der Waals surface area contributed by atoms with Gasteiger partial charge < -0.3 is 9.63 Å². The van der Waals surface area contributed by atoms with E-state index >= 15 is 0 Å². The zero-order valence-corrected chi connectivity index (χ0v) is 7.37. The lowest BCUT2D eigenvalue weighted by atomic mass is 10.1. The van der Waals surface area contributed by atoms with Crippen molar-refractivity contribution in [2.45, 2.75) is 18.9 Å². The first kappa shape index (κ1) is 9.01. The van der Waals surface area contributed by atoms with E-state index in [9.17, 15) is 9.59 Å². The second kappa shape index (κ2) is 3.30. The summed E-state index contributed by atoms with van der Waals surface area (Å²) < 4.78 is 4.86. The van der Waals surface area contributed by atoms with E-state index in [1.807, 2.05) is 0 Å². The van der Waals surface area contributed by atoms with Crippen LogP contribution in [0.3, 0.4) is 0 Å². The Kier molecular flexibility index (Phi) is 2.12. The molecule has 1 aliphatic heterocycles. The molecule has 1 unspecified atom stereocenters. The van der Waals surface area contributed by atoms with Gasteiger partial charge in [-0.05, 0) is 19.4 Å². The van der Waals surface area contributed by atoms with Gasteiger partial charge in [0.05, 0.1) is 5.56 Å². The van der Waals surface area contributed by atoms with Crippen molar-refractivity contribution in [3.05, 3.63) is 21.7 Å². The number of carbonyl (C=O) groups is 1. The van der Waals surface area contributed by atoms with Gasteiger partial charge in [0.1, 0.15) is 0 Å². The quantitative estimate of drug-likeness (QED) is 0.572. The maximum absolute atomic E-state index is 11.2. The third-order valence-electron chi connectivity index (χ3n) is 2.29. The Labute approximate surface area is 78.9 Å². The van der Waals surface area contributed by atoms with E-state index in [1.54, 1.807) is 0 Å². The summed E-state index contributed by atoms with van der Waals surface area (Å²) in [5.74, 6) is -0.823. The van der Waals surface area contributed by atoms with E-state index in [2.05, 4.69) is 10.5 Å². The average Bonchev–Trinajstić information content (AvgIpc) is 2.38. The number of hydrogen-bond acceptors (Lipinski definition) is 4. The van der Waals surface area contributed by atoms with E-state index in [0.717, 1.165) is 6.42 Å². The Morgan fingerprint density at radius 3 is 3.07 bits per heavy atom. The summed E-state index contributed by atoms with van der Waals surface area (Å²) in [6.07, 6.45) is 1.29. The van der Waals surface area contributed by atoms with Crippen molar-refractivity contribution in [2.75, 3.05) is 6.54 Å². The zero-order valence-electron chi connectivity index (χ0n) is 7.37. The van der Waals surface area contributed by atoms with Crippen LogP contribution in [-0.4, -0.2) is 22.8 Å². The molecular formula is C8H10N2O4. The van der Waals surface area contributed by atoms with Gasteiger partial charge in [-0.3, -0.25) is 14.9 Å². The van der Waals surface area contributed by atoms with Crippen molar-refractivity contribution in [1.29, 1.82) is 0 Å². The summed E-state index contributed by atoms with van der Waals surface area (Å²) in [5.41, 5.74) is 0.123. The molecule has 14 heavy (non-hydrogen) atoms. The van der Waals surface area contributed by atoms with Gasteiger partial charge in [0.2, 0.25) is 0 Å². The Bertz CT molecular complexity index is 406. The first-order chi connectivity index (χ1) is 6.70. The van der Waals surface area contributed by atoms with Crippen LogP contribution in [0.5, 0.6) is 0 Å². The molecule has 1 atom stereocenters. The Hall–Kier alpha value is -1.56. The number of carboxylic acid groups (broad SMARTS) is 1. The van der Waals surface area contributed by atoms with E-state index in [1.165, 1.54) is 0 Å². The predicted octanol–water partition coefficient (Wildman–Crippen LogP) is -0.371. The van der Waals surface area contributed by atoms with Crippen molar-refractivity contribution in [3.63, 3.8) is 0 Å². The molecule has 0 spiro atoms. The van der Waals surface area contributed by atoms with Crippen molar-refractivity contribution >= 4 is 5.97 Å². The second-order valence-corrected chi connectivity index (χ2v) is 3.20. The molecule has 0 bridgehead atoms. The van der Waals surface area contributed by atoms with Crippen LogP contribution in [0.2, 0.25) is 0 Å². The summed E-state index contributed by atoms with van der Waals surface area (Å²) in [6.45, 7) is 0.570. The van der Waals surface area contributed by atoms with Crippen LogP contribution in [0.4, 0.5) is 0 Å². The zero-order chi connectivity index (χ0) is 10.1. The van der Waals surface area contributed by atoms with E-state index in [0.29, 0.717) is 18.5 Å². The summed E-state index contributed by atoms with van der Waals surface area (Å²) in [7, 11) is 0. The van der Waals surface area contributed by atoms with Crippen molar-refractivity contribution in [2.24, 2.45) is 0 Å². The fourth-order valence-corrected chi connectivity index (χ4v) is 1.61. The van der Waals surface area contributed by atoms with Gasteiger partial charge in [-0.2, -0.15) is 5.16 Å². The minimum absolute atomic E-state index is 0.208. The largest absolute Gasteiger partial charge is 0.480 e. The maximum Gasteiger partial charge on any atom is 0.328 e. The lowest BCUT2D eigenvalue weighted by Crippen LogP contribution is -2.27. The van der Waals surface area contributed by atoms with Crippen LogP contribution < -0.4 is 10.9 Å². The second-order valence-electron chi connectivity index (χ2n) is 3.20. The van der Waals surface area contributed by atoms with Gasteiger partial charge in [0.25, 0.3) is 5.56 Å². The number of carboxylic acids is 1. The summed E-state index contributed by atoms with van der Waals surface area (Å²) >= 11 is 0. The Balaban J connectivity index is 2.48. The van der Waals surface area contributed by atoms with E-state index < -0.39 is 12.0 Å². The van der Waals surface area contributed by atoms with Crippen LogP contribution in [0.1, 0.15) is 23.8 Å². The smallest absolute Gasteiger partial charge is 0.328 e. The molecule has 3 N–H and O–H groups in total. The molecule has 0 fully saturated rings. The topological polar surface area (TPSA) is 95.3 Å². The molecule has 6 nitrogen and oxygen atoms in total. The number of nitrogens with one attached hydrogen (secondary N) is 2. The van der Waals surface area contributed by atoms with Crippen molar-refractivity contribution in [3.8, 4) is 0 Å². The number of aromatic nitrogens is 1. The van der Waals surface area contributed by atoms with Gasteiger partial charge in [-0.25, -0.2) is 0 Å². The SMILES string of the molecule is O=C(O)C1NCCCc2c1o[nH]c2=O. The molecule has 0 radical (unpaired) electrons. The van der Waals surface area contributed by atoms with Gasteiger partial charge in [-0.1, -0.05) is 0 Å². The molecule has 2 rings (SSSR count). The fraction of sp³-hybridized carbons (Fsp3) is 0.500. The summed E-state index contributed by atoms with van der Waals surface area (Å²) in [5, 5.41) is 13.8. The fourth-order valence-electron chi connectivity index (χ4n) is 1.61. The molecule has 0 amide bonds. The lowest BCUT2D eigenvalue weighted by Gasteiger charge is -2.07. The molecular weight excluding hydrogens is 188 g/mol. The molecule has 2 heterocycles. The first-order valence-electron chi connectivity index (χ1n) is 4.36. The number of fused-ring (bicyclic) bond motifs is 1. The highest BCUT2D eigenvalue weighted by Gasteiger charge is 2.29. The monoisotopic (exact) mass is 198 g/mol. The minimum atomic E-state index is -1.03. The Morgan fingerprint density at radius 1 is 1.57 bits per heavy atom. The molecule has 0 aromatic carbocycles. The number of hydrogen-bond donors (Lipinski definition) is 3. The Morgan fingerprint density at radius 2 is 2.36 bits per heavy atom. The number of aromatic amines is 1. The molecule has 1 aromatic heterocycles. The number of H-pyrrole nitrogens is 1. The van der Waals surface area contributed by atoms with E-state index in [-0.39, 0.29) is 11.3 Å². The predicted molar refractivity (Wildman–Crippen MR) is 46.0 cm³/mol. The van der Waals surface area contributed by atoms with Crippen LogP contribution in [0, 0.1) is 0 Å². The molecule has 0 saturated carbocycles. The number of aliphatic carboxylic acids is 1. The normalized spacial score (nSPS) is 21.3. The van der Waals surface area contributed by atoms with Crippen LogP contribution in [0.15, 0.2) is 9.32 Å². The number of rotatable bonds is 1. The third-order valence-corrected chi connectivity index (χ3v) is 2.29. The van der Waals surface area contributed by atoms with Gasteiger partial charge >= 0.3 is 5.97 Å². The summed E-state index contributed by atoms with van der Waals surface area (Å²) in [6, 6.07) is -0.911. The molecule has 1 aromatic rings. The highest BCUT2D eigenvalue weighted by atomic mass is 16.5. The standard InChI is InChI=1S/C8H10N2O4/c11-7-4-2-1-3-9-5(8(12)13)6(4)14-10-7/h5,9H,1-3H2,(H,10,11)(H,12,13). The van der Waals surface area contributed by atoms with Crippen molar-refractivity contribution < 1.29 is 14.4 Å². The van der Waals surface area contributed by atoms with Gasteiger partial charge in [0, 0.05) is 0 Å². The van der Waals surface area contributed by atoms with Gasteiger partial charge in [-0.15, -0.1) is 0 Å². The van der Waals surface area contributed by atoms with Crippen LogP contribution in [0.25, 0.3) is 0 Å². The first-order valence-corrected chi connectivity index (χ1v) is 4.36. The maximum atomic E-state index is 11.2. The molecule has 1 aliphatic rings. The van der Waals surface area contributed by atoms with Crippen molar-refractivity contribution in [1.82, 2.24) is 10.5 Å². The molecule has 6 heteroatoms. The molecule has 0 aliphatic carbocycles. The molecule has 0 saturated heterocycles. The van der Waals surface area contributed by atoms with Crippen LogP contribution >= 0.6 is 0 Å². The third kappa shape index (κ3) is 1.33. The van der Waals surface area contributed by atoms with Crippen LogP contribution in [-0.2, 0) is 11.2 Å².